The molecule has 0 spiro atoms. The van der Waals surface area contributed by atoms with Crippen LogP contribution in [0, 0.1) is 16.7 Å². The van der Waals surface area contributed by atoms with Gasteiger partial charge in [-0.1, -0.05) is 18.7 Å². The van der Waals surface area contributed by atoms with Crippen molar-refractivity contribution in [1.29, 1.82) is 10.7 Å². The zero-order valence-electron chi connectivity index (χ0n) is 18.0. The summed E-state index contributed by atoms with van der Waals surface area (Å²) >= 11 is 0. The quantitative estimate of drug-likeness (QED) is 0.383. The van der Waals surface area contributed by atoms with Gasteiger partial charge in [0.2, 0.25) is 5.90 Å². The first-order valence-electron chi connectivity index (χ1n) is 9.81. The fraction of sp³-hybridized carbons (Fsp3) is 0.455. The van der Waals surface area contributed by atoms with Gasteiger partial charge in [0.15, 0.2) is 6.23 Å². The van der Waals surface area contributed by atoms with Crippen LogP contribution in [-0.2, 0) is 9.57 Å². The first kappa shape index (κ1) is 23.6. The number of aliphatic hydroxyl groups excluding tert-OH is 1. The fourth-order valence-electron chi connectivity index (χ4n) is 3.21. The van der Waals surface area contributed by atoms with Crippen LogP contribution < -0.4 is 4.74 Å². The lowest BCUT2D eigenvalue weighted by Gasteiger charge is -2.42. The second kappa shape index (κ2) is 10.9. The van der Waals surface area contributed by atoms with Gasteiger partial charge in [0.05, 0.1) is 18.3 Å². The van der Waals surface area contributed by atoms with Crippen LogP contribution in [0.4, 0.5) is 0 Å². The van der Waals surface area contributed by atoms with Crippen LogP contribution in [0.2, 0.25) is 0 Å². The summed E-state index contributed by atoms with van der Waals surface area (Å²) in [6.07, 6.45) is 2.95. The van der Waals surface area contributed by atoms with E-state index in [0.717, 1.165) is 5.57 Å². The van der Waals surface area contributed by atoms with Crippen LogP contribution in [0.3, 0.4) is 0 Å². The van der Waals surface area contributed by atoms with Crippen LogP contribution in [0.1, 0.15) is 31.9 Å². The summed E-state index contributed by atoms with van der Waals surface area (Å²) in [6, 6.07) is 7.03. The molecule has 1 heterocycles. The van der Waals surface area contributed by atoms with Crippen molar-refractivity contribution in [2.75, 3.05) is 26.9 Å². The Balaban J connectivity index is 2.15. The largest absolute Gasteiger partial charge is 0.490 e. The molecule has 0 bridgehead atoms. The van der Waals surface area contributed by atoms with E-state index in [-0.39, 0.29) is 24.7 Å². The van der Waals surface area contributed by atoms with E-state index in [1.165, 1.54) is 5.06 Å². The number of nitrogens with zero attached hydrogens (tertiary/aromatic N) is 3. The second-order valence-corrected chi connectivity index (χ2v) is 7.22. The molecule has 2 unspecified atom stereocenters. The Morgan fingerprint density at radius 3 is 2.87 bits per heavy atom. The monoisotopic (exact) mass is 414 g/mol. The average molecular weight is 415 g/mol. The molecule has 8 heteroatoms. The molecule has 2 N–H and O–H groups in total. The summed E-state index contributed by atoms with van der Waals surface area (Å²) < 4.78 is 11.5. The van der Waals surface area contributed by atoms with Crippen molar-refractivity contribution in [1.82, 2.24) is 9.96 Å². The Labute approximate surface area is 178 Å². The Hall–Kier alpha value is -2.70. The molecule has 30 heavy (non-hydrogen) atoms. The number of hydrogen-bond donors (Lipinski definition) is 2. The van der Waals surface area contributed by atoms with E-state index in [2.05, 4.69) is 12.6 Å². The van der Waals surface area contributed by atoms with E-state index in [9.17, 15) is 10.4 Å². The van der Waals surface area contributed by atoms with E-state index < -0.39 is 6.23 Å². The third-order valence-corrected chi connectivity index (χ3v) is 4.70. The summed E-state index contributed by atoms with van der Waals surface area (Å²) in [5.74, 6) is 0.360. The lowest BCUT2D eigenvalue weighted by Crippen LogP contribution is -2.52. The molecule has 162 valence electrons. The minimum Gasteiger partial charge on any atom is -0.490 e. The molecule has 1 aliphatic rings. The van der Waals surface area contributed by atoms with Gasteiger partial charge in [0.1, 0.15) is 18.5 Å². The number of β-amino-alcohol motifs (C(OH)–C–C–N with tert-alkyl or cyclic N) is 1. The lowest BCUT2D eigenvalue weighted by atomic mass is 10.0. The average Bonchev–Trinajstić information content (AvgIpc) is 2.71. The van der Waals surface area contributed by atoms with Crippen molar-refractivity contribution in [3.63, 3.8) is 0 Å². The molecule has 0 saturated carbocycles. The smallest absolute Gasteiger partial charge is 0.238 e. The number of nitriles is 1. The number of likely N-dealkylation sites (N-methyl/N-ethyl adjacent to an activating group) is 1. The van der Waals surface area contributed by atoms with E-state index in [0.29, 0.717) is 30.2 Å². The predicted octanol–water partition coefficient (Wildman–Crippen LogP) is 2.64. The molecule has 2 atom stereocenters. The number of hydrogen-bond acceptors (Lipinski definition) is 8. The highest BCUT2D eigenvalue weighted by Crippen LogP contribution is 2.26. The third-order valence-electron chi connectivity index (χ3n) is 4.70. The maximum Gasteiger partial charge on any atom is 0.238 e. The van der Waals surface area contributed by atoms with E-state index in [4.69, 9.17) is 19.7 Å². The van der Waals surface area contributed by atoms with Crippen molar-refractivity contribution in [2.45, 2.75) is 39.1 Å². The van der Waals surface area contributed by atoms with Crippen molar-refractivity contribution in [3.05, 3.63) is 53.6 Å². The molecule has 0 radical (unpaired) electrons. The minimum atomic E-state index is -0.521. The number of nitrogens with one attached hydrogen (secondary N) is 1. The van der Waals surface area contributed by atoms with Gasteiger partial charge in [-0.15, -0.1) is 5.06 Å². The van der Waals surface area contributed by atoms with E-state index in [1.807, 2.05) is 31.7 Å². The van der Waals surface area contributed by atoms with Gasteiger partial charge in [-0.3, -0.25) is 10.3 Å². The molecule has 0 amide bonds. The zero-order chi connectivity index (χ0) is 22.3. The van der Waals surface area contributed by atoms with E-state index in [1.54, 1.807) is 31.3 Å². The van der Waals surface area contributed by atoms with Gasteiger partial charge in [-0.2, -0.15) is 5.26 Å². The molecular weight excluding hydrogens is 384 g/mol. The van der Waals surface area contributed by atoms with Gasteiger partial charge < -0.3 is 19.4 Å². The summed E-state index contributed by atoms with van der Waals surface area (Å²) in [5, 5.41) is 28.5. The molecule has 1 aromatic carbocycles. The SMILES string of the molecule is C=C/C=C1/C(C)N(CCO)COC1N(C)OC(=N)c1ccc(OC(C)C)c(C#N)c1. The van der Waals surface area contributed by atoms with Crippen LogP contribution in [0.15, 0.2) is 42.5 Å². The van der Waals surface area contributed by atoms with Crippen LogP contribution in [0.5, 0.6) is 5.75 Å². The predicted molar refractivity (Wildman–Crippen MR) is 114 cm³/mol. The number of hydroxylamine groups is 2. The maximum absolute atomic E-state index is 9.40. The number of rotatable bonds is 8. The highest BCUT2D eigenvalue weighted by atomic mass is 16.7. The van der Waals surface area contributed by atoms with Gasteiger partial charge in [-0.05, 0) is 44.5 Å². The van der Waals surface area contributed by atoms with Crippen LogP contribution in [-0.4, -0.2) is 66.3 Å². The summed E-state index contributed by atoms with van der Waals surface area (Å²) in [7, 11) is 1.69. The van der Waals surface area contributed by atoms with Gasteiger partial charge in [-0.25, -0.2) is 0 Å². The summed E-state index contributed by atoms with van der Waals surface area (Å²) in [5.41, 5.74) is 1.69. The standard InChI is InChI=1S/C22H30N4O4/c1-6-7-19-16(4)26(10-11-27)14-28-22(19)25(5)30-21(24)17-8-9-20(29-15(2)3)18(12-17)13-23/h6-9,12,15-16,22,24,27H,1,10-11,14H2,2-5H3/b19-7-,24-21?. The highest BCUT2D eigenvalue weighted by molar-refractivity contribution is 5.92. The highest BCUT2D eigenvalue weighted by Gasteiger charge is 2.34. The van der Waals surface area contributed by atoms with Crippen molar-refractivity contribution < 1.29 is 19.4 Å². The van der Waals surface area contributed by atoms with Gasteiger partial charge >= 0.3 is 0 Å². The maximum atomic E-state index is 9.40. The fourth-order valence-corrected chi connectivity index (χ4v) is 3.21. The lowest BCUT2D eigenvalue weighted by molar-refractivity contribution is -0.207. The van der Waals surface area contributed by atoms with E-state index >= 15 is 0 Å². The second-order valence-electron chi connectivity index (χ2n) is 7.22. The van der Waals surface area contributed by atoms with Crippen molar-refractivity contribution in [3.8, 4) is 11.8 Å². The number of ether oxygens (including phenoxy) is 2. The normalized spacial score (nSPS) is 20.9. The minimum absolute atomic E-state index is 0.00629. The van der Waals surface area contributed by atoms with Gasteiger partial charge in [0, 0.05) is 25.2 Å². The Morgan fingerprint density at radius 1 is 1.53 bits per heavy atom. The van der Waals surface area contributed by atoms with Gasteiger partial charge in [0.25, 0.3) is 0 Å². The summed E-state index contributed by atoms with van der Waals surface area (Å²) in [4.78, 5) is 7.71. The molecule has 0 aromatic heterocycles. The molecule has 2 rings (SSSR count). The molecule has 8 nitrogen and oxygen atoms in total. The van der Waals surface area contributed by atoms with Crippen LogP contribution >= 0.6 is 0 Å². The van der Waals surface area contributed by atoms with Crippen molar-refractivity contribution >= 4 is 5.90 Å². The third kappa shape index (κ3) is 5.68. The molecule has 1 aromatic rings. The number of allylic oxidation sites excluding steroid dienone is 2. The zero-order valence-corrected chi connectivity index (χ0v) is 18.0. The topological polar surface area (TPSA) is 102 Å². The molecule has 1 fully saturated rings. The number of aliphatic hydroxyl groups is 1. The van der Waals surface area contributed by atoms with Crippen molar-refractivity contribution in [2.24, 2.45) is 0 Å². The first-order chi connectivity index (χ1) is 14.3. The first-order valence-corrected chi connectivity index (χ1v) is 9.81. The Morgan fingerprint density at radius 2 is 2.27 bits per heavy atom. The Kier molecular flexibility index (Phi) is 8.57. The number of benzene rings is 1. The molecule has 1 saturated heterocycles. The Bertz CT molecular complexity index is 831. The van der Waals surface area contributed by atoms with Crippen LogP contribution in [0.25, 0.3) is 0 Å². The molecular formula is C22H30N4O4. The molecule has 0 aliphatic carbocycles. The summed E-state index contributed by atoms with van der Waals surface area (Å²) in [6.45, 7) is 10.4. The molecule has 1 aliphatic heterocycles.